The predicted octanol–water partition coefficient (Wildman–Crippen LogP) is 1.66. The van der Waals surface area contributed by atoms with E-state index in [0.29, 0.717) is 0 Å². The van der Waals surface area contributed by atoms with Gasteiger partial charge in [-0.15, -0.1) is 0 Å². The highest BCUT2D eigenvalue weighted by molar-refractivity contribution is 4.92. The molecule has 98 valence electrons. The van der Waals surface area contributed by atoms with Crippen molar-refractivity contribution in [1.82, 2.24) is 0 Å². The predicted molar refractivity (Wildman–Crippen MR) is 66.1 cm³/mol. The van der Waals surface area contributed by atoms with Gasteiger partial charge in [-0.1, -0.05) is 0 Å². The molecule has 0 amide bonds. The normalized spacial score (nSPS) is 37.1. The van der Waals surface area contributed by atoms with Crippen molar-refractivity contribution in [2.75, 3.05) is 21.3 Å². The summed E-state index contributed by atoms with van der Waals surface area (Å²) in [4.78, 5) is 0. The Morgan fingerprint density at radius 3 is 0.688 bits per heavy atom. The standard InChI is InChI=1S/C10H16.3CH4O/c1-7-2-9-4-8(1)5-10(3-7)6-9;3*1-2/h7-10H,1-6H2;3*2H,1H3. The fraction of sp³-hybridized carbons (Fsp3) is 1.00. The van der Waals surface area contributed by atoms with Gasteiger partial charge in [0.1, 0.15) is 0 Å². The molecule has 0 spiro atoms. The second-order valence-corrected chi connectivity index (χ2v) is 4.88. The summed E-state index contributed by atoms with van der Waals surface area (Å²) in [6.45, 7) is 0. The van der Waals surface area contributed by atoms with Gasteiger partial charge >= 0.3 is 0 Å². The van der Waals surface area contributed by atoms with E-state index >= 15 is 0 Å². The summed E-state index contributed by atoms with van der Waals surface area (Å²) in [6.07, 6.45) is 9.62. The topological polar surface area (TPSA) is 60.7 Å². The van der Waals surface area contributed by atoms with Crippen molar-refractivity contribution in [3.05, 3.63) is 0 Å². The van der Waals surface area contributed by atoms with Gasteiger partial charge in [0.2, 0.25) is 0 Å². The molecular weight excluding hydrogens is 204 g/mol. The smallest absolute Gasteiger partial charge is 0.0319 e. The Morgan fingerprint density at radius 2 is 0.562 bits per heavy atom. The van der Waals surface area contributed by atoms with Gasteiger partial charge in [0, 0.05) is 21.3 Å². The van der Waals surface area contributed by atoms with Gasteiger partial charge in [0.25, 0.3) is 0 Å². The van der Waals surface area contributed by atoms with E-state index in [0.717, 1.165) is 21.3 Å². The first-order valence-corrected chi connectivity index (χ1v) is 6.24. The van der Waals surface area contributed by atoms with Crippen molar-refractivity contribution in [3.63, 3.8) is 0 Å². The van der Waals surface area contributed by atoms with Crippen LogP contribution in [0.3, 0.4) is 0 Å². The van der Waals surface area contributed by atoms with Crippen LogP contribution in [-0.2, 0) is 0 Å². The Bertz CT molecular complexity index is 103. The van der Waals surface area contributed by atoms with Gasteiger partial charge in [-0.3, -0.25) is 0 Å². The molecule has 0 unspecified atom stereocenters. The van der Waals surface area contributed by atoms with Crippen LogP contribution in [0.1, 0.15) is 38.5 Å². The molecule has 4 fully saturated rings. The molecule has 0 heterocycles. The van der Waals surface area contributed by atoms with Crippen LogP contribution >= 0.6 is 0 Å². The third-order valence-corrected chi connectivity index (χ3v) is 4.00. The first-order valence-electron chi connectivity index (χ1n) is 6.24. The van der Waals surface area contributed by atoms with Crippen LogP contribution in [0.4, 0.5) is 0 Å². The largest absolute Gasteiger partial charge is 0.400 e. The summed E-state index contributed by atoms with van der Waals surface area (Å²) < 4.78 is 0. The second-order valence-electron chi connectivity index (χ2n) is 4.88. The molecule has 16 heavy (non-hydrogen) atoms. The minimum absolute atomic E-state index is 1.00. The van der Waals surface area contributed by atoms with Crippen LogP contribution in [-0.4, -0.2) is 36.6 Å². The van der Waals surface area contributed by atoms with Gasteiger partial charge < -0.3 is 15.3 Å². The fourth-order valence-electron chi connectivity index (χ4n) is 3.98. The van der Waals surface area contributed by atoms with Gasteiger partial charge in [-0.25, -0.2) is 0 Å². The molecule has 4 saturated carbocycles. The van der Waals surface area contributed by atoms with Crippen molar-refractivity contribution in [2.24, 2.45) is 23.7 Å². The lowest BCUT2D eigenvalue weighted by molar-refractivity contribution is 0.0198. The van der Waals surface area contributed by atoms with Crippen LogP contribution in [0.25, 0.3) is 0 Å². The molecule has 0 atom stereocenters. The number of aliphatic hydroxyl groups excluding tert-OH is 3. The van der Waals surface area contributed by atoms with Gasteiger partial charge in [-0.2, -0.15) is 0 Å². The monoisotopic (exact) mass is 232 g/mol. The van der Waals surface area contributed by atoms with E-state index in [1.807, 2.05) is 0 Å². The number of aliphatic hydroxyl groups is 3. The zero-order valence-corrected chi connectivity index (χ0v) is 10.9. The Balaban J connectivity index is 0.000000332. The molecule has 4 aliphatic rings. The lowest BCUT2D eigenvalue weighted by Crippen LogP contribution is -2.38. The molecule has 0 aliphatic heterocycles. The van der Waals surface area contributed by atoms with E-state index in [1.165, 1.54) is 23.7 Å². The average molecular weight is 232 g/mol. The van der Waals surface area contributed by atoms with Crippen LogP contribution in [0.2, 0.25) is 0 Å². The molecule has 0 aromatic heterocycles. The zero-order chi connectivity index (χ0) is 12.6. The summed E-state index contributed by atoms with van der Waals surface area (Å²) in [5.74, 6) is 4.71. The summed E-state index contributed by atoms with van der Waals surface area (Å²) in [6, 6.07) is 0. The summed E-state index contributed by atoms with van der Waals surface area (Å²) in [7, 11) is 3.00. The van der Waals surface area contributed by atoms with E-state index in [-0.39, 0.29) is 0 Å². The number of rotatable bonds is 0. The quantitative estimate of drug-likeness (QED) is 0.595. The molecule has 0 aromatic carbocycles. The Labute approximate surface area is 99.5 Å². The lowest BCUT2D eigenvalue weighted by atomic mass is 9.56. The molecule has 4 bridgehead atoms. The Hall–Kier alpha value is -0.120. The third kappa shape index (κ3) is 4.04. The van der Waals surface area contributed by atoms with E-state index in [4.69, 9.17) is 15.3 Å². The average Bonchev–Trinajstić information content (AvgIpc) is 2.35. The molecule has 0 radical (unpaired) electrons. The van der Waals surface area contributed by atoms with Crippen LogP contribution in [0, 0.1) is 23.7 Å². The molecular formula is C13H28O3. The summed E-state index contributed by atoms with van der Waals surface area (Å²) >= 11 is 0. The lowest BCUT2D eigenvalue weighted by Gasteiger charge is -2.49. The van der Waals surface area contributed by atoms with E-state index in [2.05, 4.69) is 0 Å². The SMILES string of the molecule is C1C2CC3CC1CC(C2)C3.CO.CO.CO. The Kier molecular flexibility index (Phi) is 8.90. The van der Waals surface area contributed by atoms with Gasteiger partial charge in [-0.05, 0) is 62.2 Å². The Morgan fingerprint density at radius 1 is 0.438 bits per heavy atom. The highest BCUT2D eigenvalue weighted by Gasteiger charge is 2.41. The fourth-order valence-corrected chi connectivity index (χ4v) is 3.98. The number of hydrogen-bond donors (Lipinski definition) is 3. The highest BCUT2D eigenvalue weighted by atomic mass is 16.2. The van der Waals surface area contributed by atoms with E-state index in [9.17, 15) is 0 Å². The maximum absolute atomic E-state index is 7.00. The van der Waals surface area contributed by atoms with Gasteiger partial charge in [0.05, 0.1) is 0 Å². The van der Waals surface area contributed by atoms with Crippen molar-refractivity contribution >= 4 is 0 Å². The maximum atomic E-state index is 7.00. The van der Waals surface area contributed by atoms with Crippen molar-refractivity contribution in [2.45, 2.75) is 38.5 Å². The highest BCUT2D eigenvalue weighted by Crippen LogP contribution is 2.53. The van der Waals surface area contributed by atoms with E-state index in [1.54, 1.807) is 38.5 Å². The molecule has 4 aliphatic carbocycles. The molecule has 3 N–H and O–H groups in total. The van der Waals surface area contributed by atoms with Crippen molar-refractivity contribution < 1.29 is 15.3 Å². The van der Waals surface area contributed by atoms with Crippen molar-refractivity contribution in [1.29, 1.82) is 0 Å². The summed E-state index contributed by atoms with van der Waals surface area (Å²) in [5.41, 5.74) is 0. The molecule has 3 nitrogen and oxygen atoms in total. The first kappa shape index (κ1) is 15.9. The first-order chi connectivity index (χ1) is 7.90. The van der Waals surface area contributed by atoms with Crippen LogP contribution in [0.15, 0.2) is 0 Å². The zero-order valence-electron chi connectivity index (χ0n) is 10.9. The minimum atomic E-state index is 1.00. The van der Waals surface area contributed by atoms with Gasteiger partial charge in [0.15, 0.2) is 0 Å². The van der Waals surface area contributed by atoms with Crippen LogP contribution in [0.5, 0.6) is 0 Å². The third-order valence-electron chi connectivity index (χ3n) is 4.00. The molecule has 3 heteroatoms. The van der Waals surface area contributed by atoms with Crippen molar-refractivity contribution in [3.8, 4) is 0 Å². The molecule has 4 rings (SSSR count). The van der Waals surface area contributed by atoms with E-state index < -0.39 is 0 Å². The molecule has 0 saturated heterocycles. The maximum Gasteiger partial charge on any atom is 0.0319 e. The minimum Gasteiger partial charge on any atom is -0.400 e. The summed E-state index contributed by atoms with van der Waals surface area (Å²) in [5, 5.41) is 21.0. The van der Waals surface area contributed by atoms with Crippen LogP contribution < -0.4 is 0 Å². The number of hydrogen-bond acceptors (Lipinski definition) is 3. The molecule has 0 aromatic rings. The second kappa shape index (κ2) is 8.97.